The number of nitrogens with zero attached hydrogens (tertiary/aromatic N) is 3. The lowest BCUT2D eigenvalue weighted by Crippen LogP contribution is -2.44. The van der Waals surface area contributed by atoms with Crippen LogP contribution in [0.15, 0.2) is 53.6 Å². The standard InChI is InChI=1S/C18H20FN3/c1-15-2-8-18(9-3-15)21-10-12-22(13-11-21)20-14-16-4-6-17(19)7-5-16/h2-9,14H,10-13H2,1H3/b20-14-. The number of aryl methyl sites for hydroxylation is 1. The highest BCUT2D eigenvalue weighted by atomic mass is 19.1. The zero-order valence-electron chi connectivity index (χ0n) is 12.7. The second-order valence-electron chi connectivity index (χ2n) is 5.57. The Morgan fingerprint density at radius 1 is 0.909 bits per heavy atom. The second-order valence-corrected chi connectivity index (χ2v) is 5.57. The number of benzene rings is 2. The molecule has 0 bridgehead atoms. The van der Waals surface area contributed by atoms with E-state index in [1.807, 2.05) is 0 Å². The summed E-state index contributed by atoms with van der Waals surface area (Å²) in [5.74, 6) is -0.219. The molecule has 0 saturated carbocycles. The van der Waals surface area contributed by atoms with Crippen LogP contribution in [0.25, 0.3) is 0 Å². The van der Waals surface area contributed by atoms with E-state index in [0.29, 0.717) is 0 Å². The maximum absolute atomic E-state index is 12.9. The number of hydrogen-bond donors (Lipinski definition) is 0. The monoisotopic (exact) mass is 297 g/mol. The van der Waals surface area contributed by atoms with Gasteiger partial charge in [-0.2, -0.15) is 5.10 Å². The summed E-state index contributed by atoms with van der Waals surface area (Å²) in [6.45, 7) is 5.82. The first-order chi connectivity index (χ1) is 10.7. The summed E-state index contributed by atoms with van der Waals surface area (Å²) in [5, 5.41) is 6.55. The predicted octanol–water partition coefficient (Wildman–Crippen LogP) is 3.29. The molecule has 1 aliphatic rings. The Morgan fingerprint density at radius 3 is 2.18 bits per heavy atom. The molecule has 3 rings (SSSR count). The number of piperazine rings is 1. The summed E-state index contributed by atoms with van der Waals surface area (Å²) in [6, 6.07) is 15.0. The molecule has 0 N–H and O–H groups in total. The predicted molar refractivity (Wildman–Crippen MR) is 89.0 cm³/mol. The summed E-state index contributed by atoms with van der Waals surface area (Å²) < 4.78 is 12.9. The second kappa shape index (κ2) is 6.60. The van der Waals surface area contributed by atoms with Crippen molar-refractivity contribution in [2.45, 2.75) is 6.92 Å². The van der Waals surface area contributed by atoms with E-state index in [1.165, 1.54) is 23.4 Å². The molecule has 1 heterocycles. The molecule has 2 aromatic rings. The first-order valence-corrected chi connectivity index (χ1v) is 7.57. The van der Waals surface area contributed by atoms with Crippen molar-refractivity contribution in [3.8, 4) is 0 Å². The van der Waals surface area contributed by atoms with Crippen molar-refractivity contribution >= 4 is 11.9 Å². The Balaban J connectivity index is 1.55. The minimum absolute atomic E-state index is 0.219. The third-order valence-electron chi connectivity index (χ3n) is 3.90. The van der Waals surface area contributed by atoms with Crippen LogP contribution >= 0.6 is 0 Å². The normalized spacial score (nSPS) is 15.5. The van der Waals surface area contributed by atoms with Crippen LogP contribution in [0.1, 0.15) is 11.1 Å². The van der Waals surface area contributed by atoms with E-state index < -0.39 is 0 Å². The Bertz CT molecular complexity index is 626. The molecular weight excluding hydrogens is 277 g/mol. The summed E-state index contributed by atoms with van der Waals surface area (Å²) >= 11 is 0. The van der Waals surface area contributed by atoms with E-state index in [2.05, 4.69) is 46.2 Å². The third kappa shape index (κ3) is 3.64. The van der Waals surface area contributed by atoms with Gasteiger partial charge in [-0.05, 0) is 36.8 Å². The Labute approximate surface area is 130 Å². The average molecular weight is 297 g/mol. The van der Waals surface area contributed by atoms with Crippen molar-refractivity contribution in [2.75, 3.05) is 31.1 Å². The van der Waals surface area contributed by atoms with Crippen molar-refractivity contribution in [2.24, 2.45) is 5.10 Å². The average Bonchev–Trinajstić information content (AvgIpc) is 2.56. The minimum atomic E-state index is -0.219. The molecule has 0 unspecified atom stereocenters. The van der Waals surface area contributed by atoms with Crippen molar-refractivity contribution < 1.29 is 4.39 Å². The highest BCUT2D eigenvalue weighted by Crippen LogP contribution is 2.17. The van der Waals surface area contributed by atoms with E-state index in [4.69, 9.17) is 0 Å². The zero-order valence-corrected chi connectivity index (χ0v) is 12.7. The van der Waals surface area contributed by atoms with E-state index in [0.717, 1.165) is 31.7 Å². The van der Waals surface area contributed by atoms with Gasteiger partial charge in [0.1, 0.15) is 5.82 Å². The smallest absolute Gasteiger partial charge is 0.123 e. The highest BCUT2D eigenvalue weighted by molar-refractivity contribution is 5.79. The van der Waals surface area contributed by atoms with Gasteiger partial charge in [-0.15, -0.1) is 0 Å². The van der Waals surface area contributed by atoms with Crippen LogP contribution in [0.2, 0.25) is 0 Å². The minimum Gasteiger partial charge on any atom is -0.368 e. The van der Waals surface area contributed by atoms with Crippen LogP contribution < -0.4 is 4.90 Å². The molecule has 0 aliphatic carbocycles. The quantitative estimate of drug-likeness (QED) is 0.810. The van der Waals surface area contributed by atoms with Gasteiger partial charge in [0.05, 0.1) is 19.3 Å². The molecule has 114 valence electrons. The van der Waals surface area contributed by atoms with Crippen molar-refractivity contribution in [1.82, 2.24) is 5.01 Å². The number of rotatable bonds is 3. The lowest BCUT2D eigenvalue weighted by Gasteiger charge is -2.34. The van der Waals surface area contributed by atoms with Crippen LogP contribution in [0.5, 0.6) is 0 Å². The van der Waals surface area contributed by atoms with Gasteiger partial charge in [-0.1, -0.05) is 29.8 Å². The first kappa shape index (κ1) is 14.6. The number of hydrogen-bond acceptors (Lipinski definition) is 3. The van der Waals surface area contributed by atoms with Crippen LogP contribution in [0, 0.1) is 12.7 Å². The van der Waals surface area contributed by atoms with E-state index in [1.54, 1.807) is 18.3 Å². The Hall–Kier alpha value is -2.36. The molecule has 1 saturated heterocycles. The van der Waals surface area contributed by atoms with Crippen LogP contribution in [-0.2, 0) is 0 Å². The summed E-state index contributed by atoms with van der Waals surface area (Å²) in [7, 11) is 0. The molecule has 2 aromatic carbocycles. The fraction of sp³-hybridized carbons (Fsp3) is 0.278. The lowest BCUT2D eigenvalue weighted by molar-refractivity contribution is 0.272. The van der Waals surface area contributed by atoms with Gasteiger partial charge in [-0.3, -0.25) is 5.01 Å². The first-order valence-electron chi connectivity index (χ1n) is 7.57. The van der Waals surface area contributed by atoms with Crippen molar-refractivity contribution in [3.05, 3.63) is 65.5 Å². The number of anilines is 1. The molecule has 1 aliphatic heterocycles. The molecule has 1 fully saturated rings. The third-order valence-corrected chi connectivity index (χ3v) is 3.90. The van der Waals surface area contributed by atoms with Crippen LogP contribution in [0.3, 0.4) is 0 Å². The molecule has 0 atom stereocenters. The van der Waals surface area contributed by atoms with Gasteiger partial charge in [0.25, 0.3) is 0 Å². The van der Waals surface area contributed by atoms with Gasteiger partial charge in [0, 0.05) is 18.8 Å². The summed E-state index contributed by atoms with van der Waals surface area (Å²) in [5.41, 5.74) is 3.47. The number of halogens is 1. The highest BCUT2D eigenvalue weighted by Gasteiger charge is 2.15. The molecule has 0 radical (unpaired) electrons. The van der Waals surface area contributed by atoms with Gasteiger partial charge in [0.15, 0.2) is 0 Å². The summed E-state index contributed by atoms with van der Waals surface area (Å²) in [6.07, 6.45) is 1.79. The fourth-order valence-electron chi connectivity index (χ4n) is 2.52. The zero-order chi connectivity index (χ0) is 15.4. The topological polar surface area (TPSA) is 18.8 Å². The van der Waals surface area contributed by atoms with E-state index >= 15 is 0 Å². The summed E-state index contributed by atoms with van der Waals surface area (Å²) in [4.78, 5) is 2.38. The van der Waals surface area contributed by atoms with Crippen molar-refractivity contribution in [3.63, 3.8) is 0 Å². The maximum Gasteiger partial charge on any atom is 0.123 e. The van der Waals surface area contributed by atoms with E-state index in [-0.39, 0.29) is 5.82 Å². The lowest BCUT2D eigenvalue weighted by atomic mass is 10.2. The molecule has 3 nitrogen and oxygen atoms in total. The molecule has 0 spiro atoms. The van der Waals surface area contributed by atoms with Crippen molar-refractivity contribution in [1.29, 1.82) is 0 Å². The molecule has 0 amide bonds. The van der Waals surface area contributed by atoms with E-state index in [9.17, 15) is 4.39 Å². The fourth-order valence-corrected chi connectivity index (χ4v) is 2.52. The van der Waals surface area contributed by atoms with Gasteiger partial charge in [0.2, 0.25) is 0 Å². The molecule has 22 heavy (non-hydrogen) atoms. The molecular formula is C18H20FN3. The van der Waals surface area contributed by atoms with Gasteiger partial charge >= 0.3 is 0 Å². The molecule has 4 heteroatoms. The largest absolute Gasteiger partial charge is 0.368 e. The molecule has 0 aromatic heterocycles. The Morgan fingerprint density at radius 2 is 1.55 bits per heavy atom. The Kier molecular flexibility index (Phi) is 4.37. The SMILES string of the molecule is Cc1ccc(N2CCN(/N=C\c3ccc(F)cc3)CC2)cc1. The number of hydrazone groups is 1. The van der Waals surface area contributed by atoms with Gasteiger partial charge < -0.3 is 4.90 Å². The van der Waals surface area contributed by atoms with Crippen LogP contribution in [-0.4, -0.2) is 37.4 Å². The maximum atomic E-state index is 12.9. The van der Waals surface area contributed by atoms with Crippen LogP contribution in [0.4, 0.5) is 10.1 Å². The van der Waals surface area contributed by atoms with Gasteiger partial charge in [-0.25, -0.2) is 4.39 Å².